The molecule has 2 heterocycles. The number of nitrogens with zero attached hydrogens (tertiary/aromatic N) is 3. The predicted molar refractivity (Wildman–Crippen MR) is 126 cm³/mol. The largest absolute Gasteiger partial charge is 0.355 e. The molecule has 0 saturated carbocycles. The Morgan fingerprint density at radius 2 is 2.00 bits per heavy atom. The van der Waals surface area contributed by atoms with Gasteiger partial charge >= 0.3 is 0 Å². The molecule has 164 valence electrons. The van der Waals surface area contributed by atoms with Gasteiger partial charge in [0.15, 0.2) is 5.82 Å². The number of allylic oxidation sites excluding steroid dienone is 1. The summed E-state index contributed by atoms with van der Waals surface area (Å²) in [6, 6.07) is 10.4. The molecular formula is C26H34N4O. The van der Waals surface area contributed by atoms with Gasteiger partial charge in [-0.05, 0) is 88.1 Å². The summed E-state index contributed by atoms with van der Waals surface area (Å²) >= 11 is 0. The second kappa shape index (κ2) is 10.1. The lowest BCUT2D eigenvalue weighted by Crippen LogP contribution is -2.43. The maximum atomic E-state index is 12.7. The highest BCUT2D eigenvalue weighted by atomic mass is 16.1. The number of piperidine rings is 1. The summed E-state index contributed by atoms with van der Waals surface area (Å²) in [4.78, 5) is 14.9. The minimum atomic E-state index is 0.0234. The highest BCUT2D eigenvalue weighted by molar-refractivity contribution is 5.79. The van der Waals surface area contributed by atoms with Gasteiger partial charge in [0.1, 0.15) is 0 Å². The van der Waals surface area contributed by atoms with Crippen molar-refractivity contribution >= 4 is 11.7 Å². The van der Waals surface area contributed by atoms with Crippen molar-refractivity contribution in [3.05, 3.63) is 53.1 Å². The van der Waals surface area contributed by atoms with Crippen LogP contribution in [0, 0.1) is 19.8 Å². The zero-order chi connectivity index (χ0) is 21.6. The van der Waals surface area contributed by atoms with Crippen LogP contribution < -0.4 is 10.2 Å². The quantitative estimate of drug-likeness (QED) is 0.672. The van der Waals surface area contributed by atoms with Gasteiger partial charge in [0.25, 0.3) is 0 Å². The van der Waals surface area contributed by atoms with Gasteiger partial charge in [0.05, 0.1) is 11.6 Å². The van der Waals surface area contributed by atoms with Gasteiger partial charge in [-0.3, -0.25) is 4.79 Å². The van der Waals surface area contributed by atoms with Crippen molar-refractivity contribution in [2.75, 3.05) is 24.5 Å². The summed E-state index contributed by atoms with van der Waals surface area (Å²) in [5.74, 6) is 1.06. The lowest BCUT2D eigenvalue weighted by molar-refractivity contribution is -0.125. The molecule has 5 nitrogen and oxygen atoms in total. The summed E-state index contributed by atoms with van der Waals surface area (Å²) in [5, 5.41) is 12.1. The molecule has 0 radical (unpaired) electrons. The first-order valence-corrected chi connectivity index (χ1v) is 11.7. The topological polar surface area (TPSA) is 58.1 Å². The Kier molecular flexibility index (Phi) is 7.00. The summed E-state index contributed by atoms with van der Waals surface area (Å²) in [5.41, 5.74) is 6.02. The molecule has 1 atom stereocenters. The zero-order valence-electron chi connectivity index (χ0n) is 18.9. The van der Waals surface area contributed by atoms with Gasteiger partial charge in [0.2, 0.25) is 5.91 Å². The van der Waals surface area contributed by atoms with Gasteiger partial charge in [-0.1, -0.05) is 23.8 Å². The lowest BCUT2D eigenvalue weighted by atomic mass is 9.96. The van der Waals surface area contributed by atoms with Crippen LogP contribution in [0.3, 0.4) is 0 Å². The van der Waals surface area contributed by atoms with E-state index in [1.165, 1.54) is 42.4 Å². The molecule has 2 aliphatic rings. The van der Waals surface area contributed by atoms with Crippen LogP contribution in [0.5, 0.6) is 0 Å². The molecule has 0 spiro atoms. The first-order valence-electron chi connectivity index (χ1n) is 11.7. The van der Waals surface area contributed by atoms with E-state index >= 15 is 0 Å². The Hall–Kier alpha value is -2.69. The van der Waals surface area contributed by atoms with E-state index in [0.29, 0.717) is 6.54 Å². The Morgan fingerprint density at radius 1 is 1.10 bits per heavy atom. The van der Waals surface area contributed by atoms with Gasteiger partial charge in [-0.25, -0.2) is 0 Å². The number of aromatic nitrogens is 2. The molecule has 0 unspecified atom stereocenters. The molecule has 1 saturated heterocycles. The fourth-order valence-electron chi connectivity index (χ4n) is 4.57. The van der Waals surface area contributed by atoms with E-state index in [0.717, 1.165) is 49.4 Å². The summed E-state index contributed by atoms with van der Waals surface area (Å²) in [6.45, 7) is 6.63. The van der Waals surface area contributed by atoms with E-state index in [-0.39, 0.29) is 11.8 Å². The first-order chi connectivity index (χ1) is 15.1. The molecule has 1 amide bonds. The number of carbonyl (C=O) groups is 1. The molecule has 31 heavy (non-hydrogen) atoms. The molecule has 5 heteroatoms. The standard InChI is InChI=1S/C26H34N4O/c1-19-10-11-22(17-20(19)2)24-12-13-25(29-28-24)30-16-6-9-23(18-30)26(31)27-15-14-21-7-4-3-5-8-21/h7,10-13,17,23H,3-6,8-9,14-16,18H2,1-2H3,(H,27,31)/t23-/m1/s1. The fraction of sp³-hybridized carbons (Fsp3) is 0.500. The molecule has 1 aliphatic carbocycles. The van der Waals surface area contributed by atoms with Crippen LogP contribution in [0.4, 0.5) is 5.82 Å². The Balaban J connectivity index is 1.32. The SMILES string of the molecule is Cc1ccc(-c2ccc(N3CCC[C@@H](C(=O)NCCC4=CCCCC4)C3)nn2)cc1C. The van der Waals surface area contributed by atoms with Crippen LogP contribution in [0.1, 0.15) is 56.1 Å². The molecule has 1 N–H and O–H groups in total. The number of nitrogens with one attached hydrogen (secondary N) is 1. The number of rotatable bonds is 6. The van der Waals surface area contributed by atoms with Crippen molar-refractivity contribution in [3.63, 3.8) is 0 Å². The van der Waals surface area contributed by atoms with E-state index in [2.05, 4.69) is 58.5 Å². The van der Waals surface area contributed by atoms with E-state index in [4.69, 9.17) is 0 Å². The Labute approximate surface area is 186 Å². The van der Waals surface area contributed by atoms with Crippen molar-refractivity contribution < 1.29 is 4.79 Å². The van der Waals surface area contributed by atoms with Crippen molar-refractivity contribution in [2.24, 2.45) is 5.92 Å². The van der Waals surface area contributed by atoms with E-state index in [9.17, 15) is 4.79 Å². The molecule has 4 rings (SSSR count). The van der Waals surface area contributed by atoms with Gasteiger partial charge in [-0.2, -0.15) is 0 Å². The maximum Gasteiger partial charge on any atom is 0.224 e. The second-order valence-corrected chi connectivity index (χ2v) is 9.01. The zero-order valence-corrected chi connectivity index (χ0v) is 18.9. The number of hydrogen-bond acceptors (Lipinski definition) is 4. The molecule has 1 aromatic carbocycles. The number of hydrogen-bond donors (Lipinski definition) is 1. The minimum Gasteiger partial charge on any atom is -0.355 e. The van der Waals surface area contributed by atoms with Gasteiger partial charge in [-0.15, -0.1) is 10.2 Å². The predicted octanol–water partition coefficient (Wildman–Crippen LogP) is 4.98. The Bertz CT molecular complexity index is 935. The lowest BCUT2D eigenvalue weighted by Gasteiger charge is -2.32. The van der Waals surface area contributed by atoms with E-state index in [1.807, 2.05) is 12.1 Å². The van der Waals surface area contributed by atoms with Gasteiger partial charge in [0, 0.05) is 25.2 Å². The number of amides is 1. The minimum absolute atomic E-state index is 0.0234. The summed E-state index contributed by atoms with van der Waals surface area (Å²) < 4.78 is 0. The summed E-state index contributed by atoms with van der Waals surface area (Å²) in [6.07, 6.45) is 10.3. The van der Waals surface area contributed by atoms with E-state index in [1.54, 1.807) is 0 Å². The highest BCUT2D eigenvalue weighted by Gasteiger charge is 2.26. The summed E-state index contributed by atoms with van der Waals surface area (Å²) in [7, 11) is 0. The number of benzene rings is 1. The van der Waals surface area contributed by atoms with Crippen LogP contribution >= 0.6 is 0 Å². The van der Waals surface area contributed by atoms with Crippen molar-refractivity contribution in [3.8, 4) is 11.3 Å². The molecule has 0 bridgehead atoms. The van der Waals surface area contributed by atoms with Crippen molar-refractivity contribution in [2.45, 2.75) is 58.8 Å². The number of anilines is 1. The van der Waals surface area contributed by atoms with Crippen LogP contribution in [0.15, 0.2) is 42.0 Å². The molecule has 1 fully saturated rings. The average molecular weight is 419 g/mol. The molecule has 1 aromatic heterocycles. The van der Waals surface area contributed by atoms with Crippen LogP contribution in [0.2, 0.25) is 0 Å². The number of carbonyl (C=O) groups excluding carboxylic acids is 1. The third kappa shape index (κ3) is 5.52. The molecular weight excluding hydrogens is 384 g/mol. The van der Waals surface area contributed by atoms with Gasteiger partial charge < -0.3 is 10.2 Å². The monoisotopic (exact) mass is 418 g/mol. The average Bonchev–Trinajstić information content (AvgIpc) is 2.82. The van der Waals surface area contributed by atoms with E-state index < -0.39 is 0 Å². The molecule has 2 aromatic rings. The Morgan fingerprint density at radius 3 is 2.74 bits per heavy atom. The van der Waals surface area contributed by atoms with Crippen LogP contribution in [-0.4, -0.2) is 35.7 Å². The first kappa shape index (κ1) is 21.5. The van der Waals surface area contributed by atoms with Crippen LogP contribution in [0.25, 0.3) is 11.3 Å². The smallest absolute Gasteiger partial charge is 0.224 e. The molecule has 1 aliphatic heterocycles. The van der Waals surface area contributed by atoms with Crippen LogP contribution in [-0.2, 0) is 4.79 Å². The number of aryl methyl sites for hydroxylation is 2. The fourth-order valence-corrected chi connectivity index (χ4v) is 4.57. The van der Waals surface area contributed by atoms with Crippen molar-refractivity contribution in [1.29, 1.82) is 0 Å². The normalized spacial score (nSPS) is 19.1. The highest BCUT2D eigenvalue weighted by Crippen LogP contribution is 2.25. The van der Waals surface area contributed by atoms with Crippen molar-refractivity contribution in [1.82, 2.24) is 15.5 Å². The third-order valence-electron chi connectivity index (χ3n) is 6.70. The second-order valence-electron chi connectivity index (χ2n) is 9.01. The maximum absolute atomic E-state index is 12.7. The third-order valence-corrected chi connectivity index (χ3v) is 6.70.